The second kappa shape index (κ2) is 12.0. The number of hydrogen-bond acceptors (Lipinski definition) is 6. The van der Waals surface area contributed by atoms with Crippen LogP contribution in [0.3, 0.4) is 0 Å². The predicted octanol–water partition coefficient (Wildman–Crippen LogP) is 8.81. The number of hydrogen-bond donors (Lipinski definition) is 1. The number of halogens is 1. The third kappa shape index (κ3) is 6.12. The Kier molecular flexibility index (Phi) is 8.16. The Labute approximate surface area is 261 Å². The van der Waals surface area contributed by atoms with Gasteiger partial charge in [0, 0.05) is 17.8 Å². The van der Waals surface area contributed by atoms with E-state index in [0.29, 0.717) is 28.7 Å². The van der Waals surface area contributed by atoms with Gasteiger partial charge in [-0.25, -0.2) is 0 Å². The highest BCUT2D eigenvalue weighted by molar-refractivity contribution is 9.10. The molecule has 1 aliphatic heterocycles. The predicted molar refractivity (Wildman–Crippen MR) is 176 cm³/mol. The Hall–Kier alpha value is -3.88. The lowest BCUT2D eigenvalue weighted by Gasteiger charge is -2.37. The molecule has 0 saturated heterocycles. The first-order valence-electron chi connectivity index (χ1n) is 14.4. The zero-order valence-corrected chi connectivity index (χ0v) is 26.7. The summed E-state index contributed by atoms with van der Waals surface area (Å²) in [6, 6.07) is 25.2. The van der Waals surface area contributed by atoms with Crippen LogP contribution in [-0.4, -0.2) is 21.2 Å². The average Bonchev–Trinajstić information content (AvgIpc) is 3.49. The van der Waals surface area contributed by atoms with Gasteiger partial charge in [-0.1, -0.05) is 59.7 Å². The van der Waals surface area contributed by atoms with Gasteiger partial charge in [0.25, 0.3) is 0 Å². The Morgan fingerprint density at radius 3 is 2.47 bits per heavy atom. The first-order chi connectivity index (χ1) is 20.7. The van der Waals surface area contributed by atoms with Crippen LogP contribution in [-0.2, 0) is 10.1 Å². The van der Waals surface area contributed by atoms with Crippen molar-refractivity contribution >= 4 is 43.6 Å². The fourth-order valence-electron chi connectivity index (χ4n) is 5.83. The molecule has 1 aliphatic carbocycles. The third-order valence-corrected chi connectivity index (χ3v) is 9.79. The summed E-state index contributed by atoms with van der Waals surface area (Å²) in [5.41, 5.74) is 7.63. The molecule has 0 amide bonds. The van der Waals surface area contributed by atoms with Crippen molar-refractivity contribution in [3.63, 3.8) is 0 Å². The fourth-order valence-corrected chi connectivity index (χ4v) is 7.43. The molecule has 1 heterocycles. The second-order valence-electron chi connectivity index (χ2n) is 11.0. The molecule has 0 fully saturated rings. The van der Waals surface area contributed by atoms with Crippen molar-refractivity contribution in [3.05, 3.63) is 123 Å². The van der Waals surface area contributed by atoms with E-state index in [1.807, 2.05) is 26.0 Å². The van der Waals surface area contributed by atoms with Gasteiger partial charge in [0.05, 0.1) is 22.8 Å². The van der Waals surface area contributed by atoms with Crippen LogP contribution in [0.2, 0.25) is 0 Å². The van der Waals surface area contributed by atoms with E-state index >= 15 is 0 Å². The van der Waals surface area contributed by atoms with Gasteiger partial charge in [-0.2, -0.15) is 8.42 Å². The Morgan fingerprint density at radius 1 is 0.977 bits per heavy atom. The number of fused-ring (bicyclic) bond motifs is 3. The van der Waals surface area contributed by atoms with Crippen molar-refractivity contribution in [1.29, 1.82) is 0 Å². The van der Waals surface area contributed by atoms with E-state index in [4.69, 9.17) is 8.92 Å². The van der Waals surface area contributed by atoms with Gasteiger partial charge in [0.1, 0.15) is 4.90 Å². The summed E-state index contributed by atoms with van der Waals surface area (Å²) in [6.07, 6.45) is 7.45. The van der Waals surface area contributed by atoms with Crippen LogP contribution in [0.5, 0.6) is 11.5 Å². The third-order valence-electron chi connectivity index (χ3n) is 7.97. The zero-order chi connectivity index (χ0) is 30.1. The minimum atomic E-state index is -4.05. The molecular formula is C35H33BrN2O4S. The van der Waals surface area contributed by atoms with Crippen LogP contribution in [0, 0.1) is 19.8 Å². The van der Waals surface area contributed by atoms with Crippen LogP contribution in [0.15, 0.2) is 105 Å². The highest BCUT2D eigenvalue weighted by atomic mass is 79.9. The van der Waals surface area contributed by atoms with Gasteiger partial charge in [0.15, 0.2) is 11.5 Å². The van der Waals surface area contributed by atoms with Gasteiger partial charge >= 0.3 is 10.1 Å². The zero-order valence-electron chi connectivity index (χ0n) is 24.3. The average molecular weight is 658 g/mol. The molecule has 0 spiro atoms. The second-order valence-corrected chi connectivity index (χ2v) is 13.4. The summed E-state index contributed by atoms with van der Waals surface area (Å²) in [7, 11) is -4.05. The lowest BCUT2D eigenvalue weighted by Crippen LogP contribution is -2.29. The molecule has 2 aliphatic rings. The van der Waals surface area contributed by atoms with Crippen LogP contribution in [0.1, 0.15) is 53.1 Å². The van der Waals surface area contributed by atoms with E-state index in [2.05, 4.69) is 75.6 Å². The molecule has 8 heteroatoms. The molecule has 3 atom stereocenters. The number of aliphatic imine (C=N–C) groups is 1. The quantitative estimate of drug-likeness (QED) is 0.116. The van der Waals surface area contributed by atoms with E-state index in [1.54, 1.807) is 30.5 Å². The van der Waals surface area contributed by atoms with Gasteiger partial charge in [0.2, 0.25) is 0 Å². The normalized spacial score (nSPS) is 19.1. The van der Waals surface area contributed by atoms with Crippen molar-refractivity contribution in [1.82, 2.24) is 0 Å². The summed E-state index contributed by atoms with van der Waals surface area (Å²) in [5.74, 6) is 1.31. The van der Waals surface area contributed by atoms with Gasteiger partial charge < -0.3 is 14.2 Å². The molecule has 0 unspecified atom stereocenters. The lowest BCUT2D eigenvalue weighted by molar-refractivity contribution is 0.327. The van der Waals surface area contributed by atoms with Crippen molar-refractivity contribution < 1.29 is 17.3 Å². The molecular weight excluding hydrogens is 624 g/mol. The SMILES string of the molecule is CCOc1cc(C=Nc2ccc([C@@H]3Nc4ccc(C)cc4[C@H]4C=CC[C@H]43)cc2)cc(Br)c1OS(=O)(=O)c1ccc(C)cc1. The Bertz CT molecular complexity index is 1820. The minimum Gasteiger partial charge on any atom is -0.490 e. The molecule has 6 rings (SSSR count). The van der Waals surface area contributed by atoms with Crippen molar-refractivity contribution in [2.45, 2.75) is 44.0 Å². The lowest BCUT2D eigenvalue weighted by atomic mass is 9.76. The highest BCUT2D eigenvalue weighted by Gasteiger charge is 2.37. The number of ether oxygens (including phenoxy) is 1. The maximum absolute atomic E-state index is 13.0. The monoisotopic (exact) mass is 656 g/mol. The Balaban J connectivity index is 1.21. The summed E-state index contributed by atoms with van der Waals surface area (Å²) in [5, 5.41) is 3.80. The standard InChI is InChI=1S/C35H33BrN2O4S/c1-4-41-33-20-24(19-31(36)35(33)42-43(39,40)27-15-8-22(2)9-16-27)21-37-26-13-11-25(12-14-26)34-29-7-5-6-28(29)30-18-23(3)10-17-32(30)38-34/h5-6,8-21,28-29,34,38H,4,7H2,1-3H3/t28-,29+,34-/m0/s1. The summed E-state index contributed by atoms with van der Waals surface area (Å²) >= 11 is 3.48. The first-order valence-corrected chi connectivity index (χ1v) is 16.6. The topological polar surface area (TPSA) is 77.0 Å². The van der Waals surface area contributed by atoms with Gasteiger partial charge in [-0.3, -0.25) is 4.99 Å². The van der Waals surface area contributed by atoms with E-state index in [0.717, 1.165) is 23.2 Å². The number of nitrogens with one attached hydrogen (secondary N) is 1. The van der Waals surface area contributed by atoms with E-state index in [9.17, 15) is 8.42 Å². The first kappa shape index (κ1) is 29.2. The maximum Gasteiger partial charge on any atom is 0.339 e. The maximum atomic E-state index is 13.0. The number of nitrogens with zero attached hydrogens (tertiary/aromatic N) is 1. The van der Waals surface area contributed by atoms with Crippen LogP contribution >= 0.6 is 15.9 Å². The molecule has 6 nitrogen and oxygen atoms in total. The number of benzene rings is 4. The number of anilines is 1. The molecule has 220 valence electrons. The number of rotatable bonds is 8. The van der Waals surface area contributed by atoms with Crippen LogP contribution in [0.25, 0.3) is 0 Å². The van der Waals surface area contributed by atoms with Crippen molar-refractivity contribution in [2.24, 2.45) is 10.9 Å². The molecule has 43 heavy (non-hydrogen) atoms. The smallest absolute Gasteiger partial charge is 0.339 e. The number of aryl methyl sites for hydroxylation is 2. The van der Waals surface area contributed by atoms with Gasteiger partial charge in [-0.15, -0.1) is 0 Å². The highest BCUT2D eigenvalue weighted by Crippen LogP contribution is 2.50. The number of allylic oxidation sites excluding steroid dienone is 2. The minimum absolute atomic E-state index is 0.0731. The largest absolute Gasteiger partial charge is 0.490 e. The molecule has 0 bridgehead atoms. The van der Waals surface area contributed by atoms with Gasteiger partial charge in [-0.05, 0) is 108 Å². The van der Waals surface area contributed by atoms with E-state index < -0.39 is 10.1 Å². The summed E-state index contributed by atoms with van der Waals surface area (Å²) in [6.45, 7) is 6.21. The molecule has 1 N–H and O–H groups in total. The van der Waals surface area contributed by atoms with Crippen LogP contribution in [0.4, 0.5) is 11.4 Å². The van der Waals surface area contributed by atoms with E-state index in [-0.39, 0.29) is 16.7 Å². The van der Waals surface area contributed by atoms with Crippen molar-refractivity contribution in [3.8, 4) is 11.5 Å². The molecule has 0 aromatic heterocycles. The molecule has 4 aromatic carbocycles. The van der Waals surface area contributed by atoms with Crippen molar-refractivity contribution in [2.75, 3.05) is 11.9 Å². The summed E-state index contributed by atoms with van der Waals surface area (Å²) in [4.78, 5) is 4.76. The Morgan fingerprint density at radius 2 is 1.72 bits per heavy atom. The van der Waals surface area contributed by atoms with Crippen LogP contribution < -0.4 is 14.2 Å². The fraction of sp³-hybridized carbons (Fsp3) is 0.229. The molecule has 0 radical (unpaired) electrons. The molecule has 4 aromatic rings. The summed E-state index contributed by atoms with van der Waals surface area (Å²) < 4.78 is 37.7. The van der Waals surface area contributed by atoms with E-state index in [1.165, 1.54) is 34.5 Å². The molecule has 0 saturated carbocycles.